The maximum atomic E-state index is 12.3. The predicted molar refractivity (Wildman–Crippen MR) is 109 cm³/mol. The second kappa shape index (κ2) is 8.70. The zero-order valence-electron chi connectivity index (χ0n) is 15.9. The van der Waals surface area contributed by atoms with Crippen molar-refractivity contribution in [1.82, 2.24) is 10.3 Å². The minimum absolute atomic E-state index is 0.0396. The van der Waals surface area contributed by atoms with Crippen molar-refractivity contribution < 1.29 is 9.53 Å². The first-order valence-corrected chi connectivity index (χ1v) is 9.75. The van der Waals surface area contributed by atoms with Crippen LogP contribution in [0.1, 0.15) is 34.4 Å². The first-order valence-electron chi connectivity index (χ1n) is 9.75. The van der Waals surface area contributed by atoms with E-state index in [1.165, 1.54) is 24.0 Å². The van der Waals surface area contributed by atoms with Gasteiger partial charge >= 0.3 is 0 Å². The lowest BCUT2D eigenvalue weighted by Crippen LogP contribution is -2.24. The van der Waals surface area contributed by atoms with Gasteiger partial charge in [0.2, 0.25) is 5.91 Å². The Hall–Kier alpha value is -3.14. The lowest BCUT2D eigenvalue weighted by atomic mass is 10.0. The highest BCUT2D eigenvalue weighted by molar-refractivity contribution is 5.78. The van der Waals surface area contributed by atoms with E-state index in [0.29, 0.717) is 19.6 Å². The lowest BCUT2D eigenvalue weighted by Gasteiger charge is -2.09. The van der Waals surface area contributed by atoms with Crippen molar-refractivity contribution in [2.45, 2.75) is 38.8 Å². The summed E-state index contributed by atoms with van der Waals surface area (Å²) in [5.41, 5.74) is 5.83. The normalized spacial score (nSPS) is 12.4. The number of hydrogen-bond donors (Lipinski definition) is 1. The van der Waals surface area contributed by atoms with Gasteiger partial charge in [-0.25, -0.2) is 0 Å². The molecule has 1 aliphatic carbocycles. The third-order valence-electron chi connectivity index (χ3n) is 5.03. The average molecular weight is 372 g/mol. The van der Waals surface area contributed by atoms with E-state index in [4.69, 9.17) is 4.74 Å². The van der Waals surface area contributed by atoms with E-state index in [9.17, 15) is 4.79 Å². The molecule has 0 bridgehead atoms. The molecule has 3 aromatic rings. The molecule has 0 saturated carbocycles. The summed E-state index contributed by atoms with van der Waals surface area (Å²) < 4.78 is 5.80. The molecular formula is C24H24N2O2. The van der Waals surface area contributed by atoms with E-state index in [-0.39, 0.29) is 5.91 Å². The van der Waals surface area contributed by atoms with Crippen LogP contribution in [-0.2, 0) is 37.2 Å². The molecule has 0 fully saturated rings. The van der Waals surface area contributed by atoms with Crippen molar-refractivity contribution in [2.24, 2.45) is 0 Å². The Labute approximate surface area is 165 Å². The Kier molecular flexibility index (Phi) is 5.66. The highest BCUT2D eigenvalue weighted by Crippen LogP contribution is 2.23. The molecule has 4 nitrogen and oxygen atoms in total. The minimum Gasteiger partial charge on any atom is -0.487 e. The molecular weight excluding hydrogens is 348 g/mol. The second-order valence-electron chi connectivity index (χ2n) is 7.17. The topological polar surface area (TPSA) is 51.2 Å². The molecule has 1 N–H and O–H groups in total. The van der Waals surface area contributed by atoms with Crippen LogP contribution in [0.25, 0.3) is 0 Å². The predicted octanol–water partition coefficient (Wildman–Crippen LogP) is 4.01. The number of hydrogen-bond acceptors (Lipinski definition) is 3. The van der Waals surface area contributed by atoms with E-state index >= 15 is 0 Å². The molecule has 2 aromatic carbocycles. The molecule has 1 aromatic heterocycles. The standard InChI is InChI=1S/C24H24N2O2/c27-24(15-18-10-11-20-6-4-7-21(20)13-18)26-16-19-5-3-9-23(14-19)28-17-22-8-1-2-12-25-22/h1-3,5,8-14H,4,6-7,15-17H2,(H,26,27). The van der Waals surface area contributed by atoms with E-state index in [2.05, 4.69) is 28.5 Å². The number of pyridine rings is 1. The summed E-state index contributed by atoms with van der Waals surface area (Å²) in [6.45, 7) is 0.916. The van der Waals surface area contributed by atoms with Gasteiger partial charge in [-0.3, -0.25) is 9.78 Å². The highest BCUT2D eigenvalue weighted by atomic mass is 16.5. The van der Waals surface area contributed by atoms with Gasteiger partial charge in [0, 0.05) is 12.7 Å². The van der Waals surface area contributed by atoms with Gasteiger partial charge in [0.25, 0.3) is 0 Å². The van der Waals surface area contributed by atoms with Crippen molar-refractivity contribution >= 4 is 5.91 Å². The van der Waals surface area contributed by atoms with Crippen molar-refractivity contribution in [3.63, 3.8) is 0 Å². The quantitative estimate of drug-likeness (QED) is 0.682. The number of carbonyl (C=O) groups excluding carboxylic acids is 1. The largest absolute Gasteiger partial charge is 0.487 e. The molecule has 1 amide bonds. The molecule has 0 unspecified atom stereocenters. The molecule has 28 heavy (non-hydrogen) atoms. The lowest BCUT2D eigenvalue weighted by molar-refractivity contribution is -0.120. The number of nitrogens with zero attached hydrogens (tertiary/aromatic N) is 1. The van der Waals surface area contributed by atoms with Crippen molar-refractivity contribution in [1.29, 1.82) is 0 Å². The van der Waals surface area contributed by atoms with Gasteiger partial charge in [0.1, 0.15) is 12.4 Å². The van der Waals surface area contributed by atoms with E-state index in [1.807, 2.05) is 42.5 Å². The van der Waals surface area contributed by atoms with Crippen LogP contribution in [0.5, 0.6) is 5.75 Å². The second-order valence-corrected chi connectivity index (χ2v) is 7.17. The summed E-state index contributed by atoms with van der Waals surface area (Å²) in [4.78, 5) is 16.6. The van der Waals surface area contributed by atoms with Gasteiger partial charge in [-0.2, -0.15) is 0 Å². The van der Waals surface area contributed by atoms with Gasteiger partial charge in [-0.05, 0) is 65.8 Å². The summed E-state index contributed by atoms with van der Waals surface area (Å²) in [7, 11) is 0. The van der Waals surface area contributed by atoms with E-state index < -0.39 is 0 Å². The molecule has 4 heteroatoms. The summed E-state index contributed by atoms with van der Waals surface area (Å²) >= 11 is 0. The number of carbonyl (C=O) groups is 1. The monoisotopic (exact) mass is 372 g/mol. The number of aryl methyl sites for hydroxylation is 2. The average Bonchev–Trinajstić information content (AvgIpc) is 3.20. The Morgan fingerprint density at radius 1 is 0.964 bits per heavy atom. The molecule has 0 radical (unpaired) electrons. The van der Waals surface area contributed by atoms with Gasteiger partial charge in [-0.15, -0.1) is 0 Å². The number of nitrogens with one attached hydrogen (secondary N) is 1. The molecule has 0 spiro atoms. The Bertz CT molecular complexity index is 954. The first kappa shape index (κ1) is 18.2. The van der Waals surface area contributed by atoms with Gasteiger partial charge in [-0.1, -0.05) is 36.4 Å². The summed E-state index contributed by atoms with van der Waals surface area (Å²) in [6.07, 6.45) is 5.70. The van der Waals surface area contributed by atoms with E-state index in [1.54, 1.807) is 6.20 Å². The first-order chi connectivity index (χ1) is 13.8. The molecule has 0 aliphatic heterocycles. The Balaban J connectivity index is 1.29. The van der Waals surface area contributed by atoms with Crippen LogP contribution in [0, 0.1) is 0 Å². The van der Waals surface area contributed by atoms with E-state index in [0.717, 1.165) is 29.0 Å². The maximum absolute atomic E-state index is 12.3. The molecule has 1 aliphatic rings. The van der Waals surface area contributed by atoms with Crippen molar-refractivity contribution in [3.05, 3.63) is 94.8 Å². The fraction of sp³-hybridized carbons (Fsp3) is 0.250. The fourth-order valence-corrected chi connectivity index (χ4v) is 3.57. The van der Waals surface area contributed by atoms with Gasteiger partial charge in [0.15, 0.2) is 0 Å². The van der Waals surface area contributed by atoms with Gasteiger partial charge in [0.05, 0.1) is 12.1 Å². The van der Waals surface area contributed by atoms with Crippen molar-refractivity contribution in [3.8, 4) is 5.75 Å². The SMILES string of the molecule is O=C(Cc1ccc2c(c1)CCC2)NCc1cccc(OCc2ccccn2)c1. The smallest absolute Gasteiger partial charge is 0.224 e. The number of fused-ring (bicyclic) bond motifs is 1. The number of benzene rings is 2. The third-order valence-corrected chi connectivity index (χ3v) is 5.03. The zero-order valence-corrected chi connectivity index (χ0v) is 15.9. The summed E-state index contributed by atoms with van der Waals surface area (Å²) in [5, 5.41) is 3.01. The van der Waals surface area contributed by atoms with Crippen LogP contribution < -0.4 is 10.1 Å². The highest BCUT2D eigenvalue weighted by Gasteiger charge is 2.12. The Morgan fingerprint density at radius 2 is 1.89 bits per heavy atom. The third kappa shape index (κ3) is 4.77. The van der Waals surface area contributed by atoms with Gasteiger partial charge < -0.3 is 10.1 Å². The molecule has 4 rings (SSSR count). The van der Waals surface area contributed by atoms with Crippen LogP contribution >= 0.6 is 0 Å². The van der Waals surface area contributed by atoms with Crippen LogP contribution in [-0.4, -0.2) is 10.9 Å². The van der Waals surface area contributed by atoms with Crippen LogP contribution in [0.4, 0.5) is 0 Å². The number of amides is 1. The van der Waals surface area contributed by atoms with Crippen LogP contribution in [0.3, 0.4) is 0 Å². The maximum Gasteiger partial charge on any atom is 0.224 e. The van der Waals surface area contributed by atoms with Crippen LogP contribution in [0.15, 0.2) is 66.9 Å². The number of ether oxygens (including phenoxy) is 1. The molecule has 0 saturated heterocycles. The van der Waals surface area contributed by atoms with Crippen molar-refractivity contribution in [2.75, 3.05) is 0 Å². The molecule has 1 heterocycles. The van der Waals surface area contributed by atoms with Crippen LogP contribution in [0.2, 0.25) is 0 Å². The minimum atomic E-state index is 0.0396. The Morgan fingerprint density at radius 3 is 2.79 bits per heavy atom. The summed E-state index contributed by atoms with van der Waals surface area (Å²) in [6, 6.07) is 20.0. The molecule has 0 atom stereocenters. The summed E-state index contributed by atoms with van der Waals surface area (Å²) in [5.74, 6) is 0.814. The fourth-order valence-electron chi connectivity index (χ4n) is 3.57. The number of rotatable bonds is 7. The zero-order chi connectivity index (χ0) is 19.2. The number of aromatic nitrogens is 1. The molecule has 142 valence electrons.